The van der Waals surface area contributed by atoms with Crippen molar-refractivity contribution in [3.8, 4) is 5.75 Å². The van der Waals surface area contributed by atoms with Gasteiger partial charge in [-0.25, -0.2) is 0 Å². The normalized spacial score (nSPS) is 14.4. The van der Waals surface area contributed by atoms with Crippen LogP contribution in [-0.2, 0) is 6.54 Å². The summed E-state index contributed by atoms with van der Waals surface area (Å²) in [6.45, 7) is 0.580. The Balaban J connectivity index is 1.45. The maximum absolute atomic E-state index is 12.8. The molecule has 0 aliphatic carbocycles. The molecule has 0 N–H and O–H groups in total. The summed E-state index contributed by atoms with van der Waals surface area (Å²) in [6.07, 6.45) is 0. The van der Waals surface area contributed by atoms with E-state index in [4.69, 9.17) is 4.74 Å². The first-order valence-electron chi connectivity index (χ1n) is 9.29. The lowest BCUT2D eigenvalue weighted by atomic mass is 10.1. The van der Waals surface area contributed by atoms with E-state index in [9.17, 15) is 4.79 Å². The highest BCUT2D eigenvalue weighted by Crippen LogP contribution is 2.45. The van der Waals surface area contributed by atoms with Crippen molar-refractivity contribution < 1.29 is 9.53 Å². The van der Waals surface area contributed by atoms with Gasteiger partial charge in [0, 0.05) is 30.7 Å². The Kier molecular flexibility index (Phi) is 5.83. The van der Waals surface area contributed by atoms with Crippen molar-refractivity contribution in [3.63, 3.8) is 0 Å². The second-order valence-corrected chi connectivity index (χ2v) is 9.63. The Morgan fingerprint density at radius 3 is 2.39 bits per heavy atom. The Morgan fingerprint density at radius 1 is 1.00 bits per heavy atom. The SMILES string of the molecule is COc1ccc2cc(CN(C)C(=O)c3ccc(C4SCCS4)cc3)ccc2c1. The van der Waals surface area contributed by atoms with E-state index in [1.807, 2.05) is 54.8 Å². The lowest BCUT2D eigenvalue weighted by molar-refractivity contribution is 0.0785. The van der Waals surface area contributed by atoms with E-state index in [1.54, 1.807) is 12.0 Å². The zero-order valence-electron chi connectivity index (χ0n) is 16.1. The highest BCUT2D eigenvalue weighted by Gasteiger charge is 2.19. The van der Waals surface area contributed by atoms with Crippen molar-refractivity contribution in [2.24, 2.45) is 0 Å². The van der Waals surface area contributed by atoms with Gasteiger partial charge in [-0.15, -0.1) is 23.5 Å². The summed E-state index contributed by atoms with van der Waals surface area (Å²) in [5, 5.41) is 2.28. The lowest BCUT2D eigenvalue weighted by Gasteiger charge is -2.18. The van der Waals surface area contributed by atoms with Gasteiger partial charge in [0.15, 0.2) is 0 Å². The zero-order chi connectivity index (χ0) is 19.5. The largest absolute Gasteiger partial charge is 0.497 e. The van der Waals surface area contributed by atoms with Gasteiger partial charge in [0.1, 0.15) is 5.75 Å². The van der Waals surface area contributed by atoms with Gasteiger partial charge in [-0.2, -0.15) is 0 Å². The number of methoxy groups -OCH3 is 1. The van der Waals surface area contributed by atoms with Crippen LogP contribution in [0.25, 0.3) is 10.8 Å². The van der Waals surface area contributed by atoms with Crippen LogP contribution in [0.5, 0.6) is 5.75 Å². The predicted octanol–water partition coefficient (Wildman–Crippen LogP) is 5.60. The molecule has 0 atom stereocenters. The van der Waals surface area contributed by atoms with E-state index in [2.05, 4.69) is 36.4 Å². The maximum atomic E-state index is 12.8. The fourth-order valence-corrected chi connectivity index (χ4v) is 6.26. The number of nitrogens with zero attached hydrogens (tertiary/aromatic N) is 1. The second-order valence-electron chi connectivity index (χ2n) is 6.90. The van der Waals surface area contributed by atoms with Crippen LogP contribution in [0.3, 0.4) is 0 Å². The minimum atomic E-state index is 0.0492. The average molecular weight is 410 g/mol. The van der Waals surface area contributed by atoms with Gasteiger partial charge in [0.05, 0.1) is 11.7 Å². The summed E-state index contributed by atoms with van der Waals surface area (Å²) in [4.78, 5) is 14.6. The molecule has 0 bridgehead atoms. The number of amides is 1. The van der Waals surface area contributed by atoms with Crippen molar-refractivity contribution in [1.82, 2.24) is 4.90 Å². The molecule has 5 heteroatoms. The average Bonchev–Trinajstić information content (AvgIpc) is 3.28. The quantitative estimate of drug-likeness (QED) is 0.549. The lowest BCUT2D eigenvalue weighted by Crippen LogP contribution is -2.26. The molecular formula is C23H23NO2S2. The van der Waals surface area contributed by atoms with Crippen molar-refractivity contribution in [2.45, 2.75) is 11.1 Å². The number of rotatable bonds is 5. The molecule has 0 radical (unpaired) electrons. The fraction of sp³-hybridized carbons (Fsp3) is 0.261. The van der Waals surface area contributed by atoms with Gasteiger partial charge in [-0.1, -0.05) is 30.3 Å². The maximum Gasteiger partial charge on any atom is 0.253 e. The van der Waals surface area contributed by atoms with Gasteiger partial charge >= 0.3 is 0 Å². The number of hydrogen-bond acceptors (Lipinski definition) is 4. The van der Waals surface area contributed by atoms with Gasteiger partial charge in [-0.3, -0.25) is 4.79 Å². The fourth-order valence-electron chi connectivity index (χ4n) is 3.40. The number of fused-ring (bicyclic) bond motifs is 1. The van der Waals surface area contributed by atoms with Crippen LogP contribution in [0.4, 0.5) is 0 Å². The molecule has 3 nitrogen and oxygen atoms in total. The van der Waals surface area contributed by atoms with Crippen LogP contribution < -0.4 is 4.74 Å². The molecule has 3 aromatic carbocycles. The van der Waals surface area contributed by atoms with Gasteiger partial charge in [-0.05, 0) is 52.2 Å². The number of thioether (sulfide) groups is 2. The molecular weight excluding hydrogens is 386 g/mol. The van der Waals surface area contributed by atoms with Crippen molar-refractivity contribution >= 4 is 40.2 Å². The van der Waals surface area contributed by atoms with Crippen LogP contribution in [0.15, 0.2) is 60.7 Å². The Hall–Kier alpha value is -2.11. The van der Waals surface area contributed by atoms with Gasteiger partial charge < -0.3 is 9.64 Å². The van der Waals surface area contributed by atoms with Crippen LogP contribution >= 0.6 is 23.5 Å². The summed E-state index contributed by atoms with van der Waals surface area (Å²) in [5.74, 6) is 3.31. The third-order valence-corrected chi connectivity index (χ3v) is 8.03. The standard InChI is InChI=1S/C23H23NO2S2/c1-24(15-16-3-4-20-14-21(26-2)10-9-19(20)13-16)22(25)17-5-7-18(8-6-17)23-27-11-12-28-23/h3-10,13-14,23H,11-12,15H2,1-2H3. The summed E-state index contributed by atoms with van der Waals surface area (Å²) in [7, 11) is 3.53. The topological polar surface area (TPSA) is 29.5 Å². The molecule has 1 aliphatic heterocycles. The summed E-state index contributed by atoms with van der Waals surface area (Å²) in [6, 6.07) is 20.4. The van der Waals surface area contributed by atoms with Crippen LogP contribution in [0.1, 0.15) is 26.1 Å². The zero-order valence-corrected chi connectivity index (χ0v) is 17.7. The Labute approximate surface area is 174 Å². The first-order chi connectivity index (χ1) is 13.6. The number of carbonyl (C=O) groups excluding carboxylic acids is 1. The van der Waals surface area contributed by atoms with Crippen molar-refractivity contribution in [3.05, 3.63) is 77.4 Å². The van der Waals surface area contributed by atoms with Crippen LogP contribution in [0, 0.1) is 0 Å². The second kappa shape index (κ2) is 8.50. The first kappa shape index (κ1) is 19.2. The van der Waals surface area contributed by atoms with Crippen LogP contribution in [0.2, 0.25) is 0 Å². The van der Waals surface area contributed by atoms with Gasteiger partial charge in [0.25, 0.3) is 5.91 Å². The van der Waals surface area contributed by atoms with Gasteiger partial charge in [0.2, 0.25) is 0 Å². The summed E-state index contributed by atoms with van der Waals surface area (Å²) >= 11 is 3.96. The molecule has 1 heterocycles. The van der Waals surface area contributed by atoms with E-state index in [-0.39, 0.29) is 5.91 Å². The van der Waals surface area contributed by atoms with Crippen LogP contribution in [-0.4, -0.2) is 36.5 Å². The minimum Gasteiger partial charge on any atom is -0.497 e. The van der Waals surface area contributed by atoms with Crippen molar-refractivity contribution in [2.75, 3.05) is 25.7 Å². The third-order valence-electron chi connectivity index (χ3n) is 4.93. The number of ether oxygens (including phenoxy) is 1. The monoisotopic (exact) mass is 409 g/mol. The molecule has 1 saturated heterocycles. The predicted molar refractivity (Wildman–Crippen MR) is 120 cm³/mol. The number of hydrogen-bond donors (Lipinski definition) is 0. The first-order valence-corrected chi connectivity index (χ1v) is 11.4. The molecule has 0 aromatic heterocycles. The molecule has 0 spiro atoms. The molecule has 3 aromatic rings. The molecule has 4 rings (SSSR count). The van der Waals surface area contributed by atoms with E-state index < -0.39 is 0 Å². The van der Waals surface area contributed by atoms with E-state index >= 15 is 0 Å². The molecule has 28 heavy (non-hydrogen) atoms. The number of carbonyl (C=O) groups is 1. The third kappa shape index (κ3) is 4.15. The molecule has 1 aliphatic rings. The molecule has 144 valence electrons. The van der Waals surface area contributed by atoms with E-state index in [0.717, 1.165) is 27.6 Å². The smallest absolute Gasteiger partial charge is 0.253 e. The molecule has 1 amide bonds. The summed E-state index contributed by atoms with van der Waals surface area (Å²) < 4.78 is 5.79. The van der Waals surface area contributed by atoms with E-state index in [1.165, 1.54) is 17.1 Å². The Morgan fingerprint density at radius 2 is 1.68 bits per heavy atom. The Bertz CT molecular complexity index is 982. The molecule has 0 unspecified atom stereocenters. The number of benzene rings is 3. The van der Waals surface area contributed by atoms with E-state index in [0.29, 0.717) is 11.1 Å². The van der Waals surface area contributed by atoms with Crippen molar-refractivity contribution in [1.29, 1.82) is 0 Å². The summed E-state index contributed by atoms with van der Waals surface area (Å²) in [5.41, 5.74) is 3.16. The molecule has 0 saturated carbocycles. The molecule has 1 fully saturated rings. The highest BCUT2D eigenvalue weighted by molar-refractivity contribution is 8.19. The highest BCUT2D eigenvalue weighted by atomic mass is 32.2. The minimum absolute atomic E-state index is 0.0492.